The van der Waals surface area contributed by atoms with Crippen LogP contribution in [-0.2, 0) is 17.8 Å². The summed E-state index contributed by atoms with van der Waals surface area (Å²) in [5, 5.41) is 3.48. The molecule has 2 aromatic heterocycles. The molecule has 0 fully saturated rings. The van der Waals surface area contributed by atoms with Crippen molar-refractivity contribution in [2.24, 2.45) is 0 Å². The first-order valence-electron chi connectivity index (χ1n) is 12.5. The zero-order valence-corrected chi connectivity index (χ0v) is 22.8. The van der Waals surface area contributed by atoms with Gasteiger partial charge in [-0.1, -0.05) is 24.3 Å². The number of benzene rings is 2. The quantitative estimate of drug-likeness (QED) is 0.311. The summed E-state index contributed by atoms with van der Waals surface area (Å²) in [6.07, 6.45) is 2.09. The molecule has 0 unspecified atom stereocenters. The van der Waals surface area contributed by atoms with Gasteiger partial charge in [0.15, 0.2) is 11.5 Å². The van der Waals surface area contributed by atoms with Crippen LogP contribution in [-0.4, -0.2) is 35.2 Å². The second-order valence-electron chi connectivity index (χ2n) is 8.94. The van der Waals surface area contributed by atoms with Crippen LogP contribution in [0.1, 0.15) is 35.4 Å². The van der Waals surface area contributed by atoms with Gasteiger partial charge in [0.25, 0.3) is 5.56 Å². The normalized spacial score (nSPS) is 11.1. The number of ether oxygens (including phenoxy) is 2. The summed E-state index contributed by atoms with van der Waals surface area (Å²) >= 11 is 1.50. The maximum Gasteiger partial charge on any atom is 0.263 e. The standard InChI is InChI=1S/C29H33N3O4S/c1-6-35-23-11-9-21(15-24(23)36-7-2)12-13-30-25(33)16-32-17-31-28-27(29(32)34)26(20(5)37-28)22-10-8-18(3)19(4)14-22/h8-11,14-15,17H,6-7,12-13,16H2,1-5H3,(H,30,33). The van der Waals surface area contributed by atoms with Crippen LogP contribution in [0.15, 0.2) is 47.5 Å². The molecule has 0 spiro atoms. The van der Waals surface area contributed by atoms with E-state index in [-0.39, 0.29) is 18.0 Å². The Morgan fingerprint density at radius 1 is 1.00 bits per heavy atom. The van der Waals surface area contributed by atoms with E-state index in [1.807, 2.05) is 45.0 Å². The van der Waals surface area contributed by atoms with E-state index in [4.69, 9.17) is 9.47 Å². The monoisotopic (exact) mass is 519 g/mol. The van der Waals surface area contributed by atoms with Gasteiger partial charge in [-0.3, -0.25) is 14.2 Å². The summed E-state index contributed by atoms with van der Waals surface area (Å²) in [7, 11) is 0. The van der Waals surface area contributed by atoms with Gasteiger partial charge in [-0.15, -0.1) is 11.3 Å². The lowest BCUT2D eigenvalue weighted by Crippen LogP contribution is -2.33. The van der Waals surface area contributed by atoms with Crippen molar-refractivity contribution in [2.75, 3.05) is 19.8 Å². The molecule has 4 rings (SSSR count). The number of amides is 1. The highest BCUT2D eigenvalue weighted by atomic mass is 32.1. The van der Waals surface area contributed by atoms with Gasteiger partial charge in [-0.25, -0.2) is 4.98 Å². The molecule has 8 heteroatoms. The van der Waals surface area contributed by atoms with Crippen LogP contribution < -0.4 is 20.3 Å². The number of hydrogen-bond donors (Lipinski definition) is 1. The number of hydrogen-bond acceptors (Lipinski definition) is 6. The van der Waals surface area contributed by atoms with Gasteiger partial charge >= 0.3 is 0 Å². The van der Waals surface area contributed by atoms with E-state index in [1.165, 1.54) is 33.4 Å². The molecule has 1 amide bonds. The Morgan fingerprint density at radius 2 is 1.76 bits per heavy atom. The van der Waals surface area contributed by atoms with E-state index in [0.717, 1.165) is 21.6 Å². The lowest BCUT2D eigenvalue weighted by molar-refractivity contribution is -0.121. The van der Waals surface area contributed by atoms with Crippen LogP contribution in [0, 0.1) is 20.8 Å². The van der Waals surface area contributed by atoms with Crippen molar-refractivity contribution in [1.29, 1.82) is 0 Å². The number of aryl methyl sites for hydroxylation is 3. The summed E-state index contributed by atoms with van der Waals surface area (Å²) in [6.45, 7) is 11.5. The molecule has 0 saturated carbocycles. The van der Waals surface area contributed by atoms with E-state index in [9.17, 15) is 9.59 Å². The minimum absolute atomic E-state index is 0.0868. The predicted octanol–water partition coefficient (Wildman–Crippen LogP) is 5.21. The first kappa shape index (κ1) is 26.4. The minimum Gasteiger partial charge on any atom is -0.490 e. The average molecular weight is 520 g/mol. The van der Waals surface area contributed by atoms with E-state index >= 15 is 0 Å². The highest BCUT2D eigenvalue weighted by Gasteiger charge is 2.18. The average Bonchev–Trinajstić information content (AvgIpc) is 3.21. The number of carbonyl (C=O) groups is 1. The number of rotatable bonds is 10. The highest BCUT2D eigenvalue weighted by molar-refractivity contribution is 7.19. The maximum absolute atomic E-state index is 13.4. The van der Waals surface area contributed by atoms with Gasteiger partial charge in [0.05, 0.1) is 24.9 Å². The molecular weight excluding hydrogens is 486 g/mol. The summed E-state index contributed by atoms with van der Waals surface area (Å²) in [5.41, 5.74) is 5.09. The van der Waals surface area contributed by atoms with Gasteiger partial charge in [-0.05, 0) is 75.4 Å². The Kier molecular flexibility index (Phi) is 8.28. The molecule has 0 atom stereocenters. The van der Waals surface area contributed by atoms with E-state index < -0.39 is 0 Å². The fourth-order valence-corrected chi connectivity index (χ4v) is 5.31. The number of nitrogens with zero attached hydrogens (tertiary/aromatic N) is 2. The molecule has 0 saturated heterocycles. The summed E-state index contributed by atoms with van der Waals surface area (Å²) in [6, 6.07) is 12.0. The molecule has 37 heavy (non-hydrogen) atoms. The van der Waals surface area contributed by atoms with Crippen LogP contribution in [0.3, 0.4) is 0 Å². The molecule has 1 N–H and O–H groups in total. The van der Waals surface area contributed by atoms with Crippen molar-refractivity contribution >= 4 is 27.5 Å². The summed E-state index contributed by atoms with van der Waals surface area (Å²) < 4.78 is 12.7. The first-order valence-corrected chi connectivity index (χ1v) is 13.3. The van der Waals surface area contributed by atoms with Gasteiger partial charge in [0, 0.05) is 17.0 Å². The molecule has 0 bridgehead atoms. The van der Waals surface area contributed by atoms with Crippen molar-refractivity contribution in [3.05, 3.63) is 74.6 Å². The third kappa shape index (κ3) is 5.85. The van der Waals surface area contributed by atoms with E-state index in [0.29, 0.717) is 47.9 Å². The zero-order chi connectivity index (χ0) is 26.5. The van der Waals surface area contributed by atoms with Crippen LogP contribution >= 0.6 is 11.3 Å². The number of aromatic nitrogens is 2. The smallest absolute Gasteiger partial charge is 0.263 e. The summed E-state index contributed by atoms with van der Waals surface area (Å²) in [4.78, 5) is 32.3. The van der Waals surface area contributed by atoms with Crippen LogP contribution in [0.25, 0.3) is 21.3 Å². The molecule has 0 radical (unpaired) electrons. The predicted molar refractivity (Wildman–Crippen MR) is 149 cm³/mol. The molecule has 7 nitrogen and oxygen atoms in total. The fourth-order valence-electron chi connectivity index (χ4n) is 4.30. The van der Waals surface area contributed by atoms with Crippen molar-refractivity contribution in [3.63, 3.8) is 0 Å². The highest BCUT2D eigenvalue weighted by Crippen LogP contribution is 2.36. The van der Waals surface area contributed by atoms with Gasteiger partial charge in [0.2, 0.25) is 5.91 Å². The second kappa shape index (κ2) is 11.6. The van der Waals surface area contributed by atoms with Gasteiger partial charge in [0.1, 0.15) is 11.4 Å². The van der Waals surface area contributed by atoms with Gasteiger partial charge in [-0.2, -0.15) is 0 Å². The number of thiophene rings is 1. The third-order valence-corrected chi connectivity index (χ3v) is 7.32. The van der Waals surface area contributed by atoms with Crippen molar-refractivity contribution in [3.8, 4) is 22.6 Å². The molecule has 2 aromatic carbocycles. The lowest BCUT2D eigenvalue weighted by atomic mass is 9.99. The second-order valence-corrected chi connectivity index (χ2v) is 10.1. The minimum atomic E-state index is -0.237. The molecule has 2 heterocycles. The molecule has 4 aromatic rings. The Bertz CT molecular complexity index is 1490. The largest absolute Gasteiger partial charge is 0.490 e. The molecule has 0 aliphatic heterocycles. The number of carbonyl (C=O) groups excluding carboxylic acids is 1. The van der Waals surface area contributed by atoms with E-state index in [1.54, 1.807) is 0 Å². The topological polar surface area (TPSA) is 82.5 Å². The fraction of sp³-hybridized carbons (Fsp3) is 0.345. The molecule has 194 valence electrons. The van der Waals surface area contributed by atoms with Crippen LogP contribution in [0.5, 0.6) is 11.5 Å². The SMILES string of the molecule is CCOc1ccc(CCNC(=O)Cn2cnc3sc(C)c(-c4ccc(C)c(C)c4)c3c2=O)cc1OCC. The zero-order valence-electron chi connectivity index (χ0n) is 22.0. The van der Waals surface area contributed by atoms with Crippen LogP contribution in [0.2, 0.25) is 0 Å². The third-order valence-electron chi connectivity index (χ3n) is 6.31. The Hall–Kier alpha value is -3.65. The maximum atomic E-state index is 13.4. The van der Waals surface area contributed by atoms with Gasteiger partial charge < -0.3 is 14.8 Å². The number of nitrogens with one attached hydrogen (secondary N) is 1. The Morgan fingerprint density at radius 3 is 2.49 bits per heavy atom. The van der Waals surface area contributed by atoms with Crippen molar-refractivity contribution < 1.29 is 14.3 Å². The molecular formula is C29H33N3O4S. The Balaban J connectivity index is 1.48. The number of fused-ring (bicyclic) bond motifs is 1. The Labute approximate surface area is 221 Å². The van der Waals surface area contributed by atoms with E-state index in [2.05, 4.69) is 36.3 Å². The lowest BCUT2D eigenvalue weighted by Gasteiger charge is -2.13. The molecule has 0 aliphatic rings. The van der Waals surface area contributed by atoms with Crippen LogP contribution in [0.4, 0.5) is 0 Å². The van der Waals surface area contributed by atoms with Crippen molar-refractivity contribution in [1.82, 2.24) is 14.9 Å². The summed E-state index contributed by atoms with van der Waals surface area (Å²) in [5.74, 6) is 1.17. The van der Waals surface area contributed by atoms with Crippen molar-refractivity contribution in [2.45, 2.75) is 47.6 Å². The molecule has 0 aliphatic carbocycles. The first-order chi connectivity index (χ1) is 17.8.